The minimum Gasteiger partial charge on any atom is -0.302 e. The summed E-state index contributed by atoms with van der Waals surface area (Å²) in [5.74, 6) is 1.45. The summed E-state index contributed by atoms with van der Waals surface area (Å²) in [6.07, 6.45) is 3.12. The molecule has 1 aromatic rings. The van der Waals surface area contributed by atoms with Crippen LogP contribution in [0.4, 0.5) is 0 Å². The van der Waals surface area contributed by atoms with E-state index in [0.717, 1.165) is 5.92 Å². The van der Waals surface area contributed by atoms with Crippen LogP contribution in [-0.4, -0.2) is 34.7 Å². The third-order valence-corrected chi connectivity index (χ3v) is 2.86. The summed E-state index contributed by atoms with van der Waals surface area (Å²) >= 11 is 0. The number of nitrogens with zero attached hydrogens (tertiary/aromatic N) is 2. The molecular weight excluding hydrogens is 174 g/mol. The van der Waals surface area contributed by atoms with Crippen molar-refractivity contribution in [1.82, 2.24) is 15.1 Å². The zero-order valence-electron chi connectivity index (χ0n) is 9.03. The number of H-pyrrole nitrogens is 1. The third-order valence-electron chi connectivity index (χ3n) is 2.86. The van der Waals surface area contributed by atoms with Crippen LogP contribution in [0.5, 0.6) is 0 Å². The molecule has 0 spiro atoms. The maximum Gasteiger partial charge on any atom is 0.0490 e. The summed E-state index contributed by atoms with van der Waals surface area (Å²) in [7, 11) is 0. The number of aromatic nitrogens is 2. The Labute approximate surface area is 85.5 Å². The van der Waals surface area contributed by atoms with Crippen LogP contribution in [0.2, 0.25) is 0 Å². The van der Waals surface area contributed by atoms with Crippen molar-refractivity contribution in [2.75, 3.05) is 19.6 Å². The molecule has 1 aliphatic heterocycles. The van der Waals surface area contributed by atoms with Gasteiger partial charge in [0.05, 0.1) is 0 Å². The first-order chi connectivity index (χ1) is 6.75. The van der Waals surface area contributed by atoms with Crippen LogP contribution in [0, 0.1) is 5.92 Å². The predicted molar refractivity (Wildman–Crippen MR) is 57.2 cm³/mol. The molecule has 1 unspecified atom stereocenters. The van der Waals surface area contributed by atoms with Gasteiger partial charge in [-0.25, -0.2) is 0 Å². The van der Waals surface area contributed by atoms with Gasteiger partial charge >= 0.3 is 0 Å². The fraction of sp³-hybridized carbons (Fsp3) is 0.727. The second-order valence-corrected chi connectivity index (χ2v) is 4.65. The summed E-state index contributed by atoms with van der Waals surface area (Å²) in [4.78, 5) is 2.55. The van der Waals surface area contributed by atoms with Crippen LogP contribution >= 0.6 is 0 Å². The van der Waals surface area contributed by atoms with E-state index in [4.69, 9.17) is 0 Å². The zero-order chi connectivity index (χ0) is 9.97. The molecule has 0 amide bonds. The number of aromatic amines is 1. The van der Waals surface area contributed by atoms with Crippen molar-refractivity contribution in [2.45, 2.75) is 26.2 Å². The Morgan fingerprint density at radius 3 is 3.14 bits per heavy atom. The van der Waals surface area contributed by atoms with Crippen LogP contribution in [-0.2, 0) is 0 Å². The van der Waals surface area contributed by atoms with Crippen molar-refractivity contribution >= 4 is 0 Å². The lowest BCUT2D eigenvalue weighted by Crippen LogP contribution is -2.24. The fourth-order valence-electron chi connectivity index (χ4n) is 2.26. The molecule has 78 valence electrons. The fourth-order valence-corrected chi connectivity index (χ4v) is 2.26. The Kier molecular flexibility index (Phi) is 2.87. The summed E-state index contributed by atoms with van der Waals surface area (Å²) in [6, 6.07) is 2.10. The highest BCUT2D eigenvalue weighted by atomic mass is 15.2. The van der Waals surface area contributed by atoms with Gasteiger partial charge in [0.2, 0.25) is 0 Å². The van der Waals surface area contributed by atoms with Crippen molar-refractivity contribution in [1.29, 1.82) is 0 Å². The Balaban J connectivity index is 1.89. The van der Waals surface area contributed by atoms with E-state index in [1.54, 1.807) is 0 Å². The van der Waals surface area contributed by atoms with E-state index in [0.29, 0.717) is 5.92 Å². The summed E-state index contributed by atoms with van der Waals surface area (Å²) in [5, 5.41) is 7.09. The van der Waals surface area contributed by atoms with Crippen molar-refractivity contribution in [3.63, 3.8) is 0 Å². The smallest absolute Gasteiger partial charge is 0.0490 e. The minimum absolute atomic E-state index is 0.677. The van der Waals surface area contributed by atoms with Crippen LogP contribution in [0.15, 0.2) is 12.3 Å². The molecule has 1 aromatic heterocycles. The normalized spacial score (nSPS) is 23.5. The first kappa shape index (κ1) is 9.71. The Bertz CT molecular complexity index is 266. The van der Waals surface area contributed by atoms with Crippen LogP contribution in [0.25, 0.3) is 0 Å². The van der Waals surface area contributed by atoms with Crippen molar-refractivity contribution in [3.8, 4) is 0 Å². The van der Waals surface area contributed by atoms with Crippen LogP contribution in [0.3, 0.4) is 0 Å². The predicted octanol–water partition coefficient (Wildman–Crippen LogP) is 1.85. The lowest BCUT2D eigenvalue weighted by atomic mass is 10.1. The summed E-state index contributed by atoms with van der Waals surface area (Å²) < 4.78 is 0. The van der Waals surface area contributed by atoms with Gasteiger partial charge in [-0.1, -0.05) is 13.8 Å². The van der Waals surface area contributed by atoms with Crippen LogP contribution in [0.1, 0.15) is 31.9 Å². The maximum atomic E-state index is 4.01. The first-order valence-corrected chi connectivity index (χ1v) is 5.47. The average Bonchev–Trinajstić information content (AvgIpc) is 2.69. The molecule has 0 bridgehead atoms. The standard InChI is InChI=1S/C11H19N3/c1-9(2)7-14-6-4-10(8-14)11-3-5-12-13-11/h3,5,9-10H,4,6-8H2,1-2H3,(H,12,13). The first-order valence-electron chi connectivity index (χ1n) is 5.47. The van der Waals surface area contributed by atoms with E-state index in [1.807, 2.05) is 6.20 Å². The molecule has 1 atom stereocenters. The maximum absolute atomic E-state index is 4.01. The van der Waals surface area contributed by atoms with Gasteiger partial charge in [0, 0.05) is 30.9 Å². The topological polar surface area (TPSA) is 31.9 Å². The van der Waals surface area contributed by atoms with Gasteiger partial charge in [0.1, 0.15) is 0 Å². The molecule has 1 fully saturated rings. The zero-order valence-corrected chi connectivity index (χ0v) is 9.03. The quantitative estimate of drug-likeness (QED) is 0.794. The van der Waals surface area contributed by atoms with E-state index < -0.39 is 0 Å². The lowest BCUT2D eigenvalue weighted by molar-refractivity contribution is 0.294. The monoisotopic (exact) mass is 193 g/mol. The van der Waals surface area contributed by atoms with E-state index in [9.17, 15) is 0 Å². The van der Waals surface area contributed by atoms with Crippen molar-refractivity contribution in [3.05, 3.63) is 18.0 Å². The average molecular weight is 193 g/mol. The molecule has 0 radical (unpaired) electrons. The van der Waals surface area contributed by atoms with Crippen LogP contribution < -0.4 is 0 Å². The molecule has 0 saturated carbocycles. The Morgan fingerprint density at radius 1 is 1.64 bits per heavy atom. The Hall–Kier alpha value is -0.830. The molecule has 0 aliphatic carbocycles. The van der Waals surface area contributed by atoms with E-state index in [1.165, 1.54) is 31.7 Å². The highest BCUT2D eigenvalue weighted by molar-refractivity contribution is 5.08. The minimum atomic E-state index is 0.677. The highest BCUT2D eigenvalue weighted by Crippen LogP contribution is 2.25. The number of rotatable bonds is 3. The molecule has 3 nitrogen and oxygen atoms in total. The van der Waals surface area contributed by atoms with Crippen molar-refractivity contribution in [2.24, 2.45) is 5.92 Å². The molecule has 0 aromatic carbocycles. The highest BCUT2D eigenvalue weighted by Gasteiger charge is 2.24. The lowest BCUT2D eigenvalue weighted by Gasteiger charge is -2.17. The molecule has 2 rings (SSSR count). The number of likely N-dealkylation sites (tertiary alicyclic amines) is 1. The largest absolute Gasteiger partial charge is 0.302 e. The van der Waals surface area contributed by atoms with Gasteiger partial charge < -0.3 is 4.90 Å². The third kappa shape index (κ3) is 2.15. The molecule has 2 heterocycles. The summed E-state index contributed by atoms with van der Waals surface area (Å²) in [6.45, 7) is 8.22. The molecule has 1 N–H and O–H groups in total. The summed E-state index contributed by atoms with van der Waals surface area (Å²) in [5.41, 5.74) is 1.30. The molecule has 1 saturated heterocycles. The number of nitrogens with one attached hydrogen (secondary N) is 1. The SMILES string of the molecule is CC(C)CN1CCC(c2ccn[nH]2)C1. The molecule has 14 heavy (non-hydrogen) atoms. The van der Waals surface area contributed by atoms with Gasteiger partial charge in [0.25, 0.3) is 0 Å². The Morgan fingerprint density at radius 2 is 2.50 bits per heavy atom. The van der Waals surface area contributed by atoms with Gasteiger partial charge in [0.15, 0.2) is 0 Å². The van der Waals surface area contributed by atoms with Gasteiger partial charge in [-0.05, 0) is 24.9 Å². The van der Waals surface area contributed by atoms with Gasteiger partial charge in [-0.15, -0.1) is 0 Å². The van der Waals surface area contributed by atoms with E-state index >= 15 is 0 Å². The second kappa shape index (κ2) is 4.13. The van der Waals surface area contributed by atoms with Crippen molar-refractivity contribution < 1.29 is 0 Å². The second-order valence-electron chi connectivity index (χ2n) is 4.65. The number of hydrogen-bond donors (Lipinski definition) is 1. The molecule has 1 aliphatic rings. The van der Waals surface area contributed by atoms with Gasteiger partial charge in [-0.3, -0.25) is 5.10 Å². The van der Waals surface area contributed by atoms with E-state index in [-0.39, 0.29) is 0 Å². The van der Waals surface area contributed by atoms with Gasteiger partial charge in [-0.2, -0.15) is 5.10 Å². The number of hydrogen-bond acceptors (Lipinski definition) is 2. The molecule has 3 heteroatoms. The molecular formula is C11H19N3. The van der Waals surface area contributed by atoms with E-state index in [2.05, 4.69) is 35.0 Å².